The van der Waals surface area contributed by atoms with Crippen molar-refractivity contribution in [2.45, 2.75) is 18.7 Å². The summed E-state index contributed by atoms with van der Waals surface area (Å²) in [6, 6.07) is 14.4. The first kappa shape index (κ1) is 21.2. The molecule has 8 heteroatoms. The minimum absolute atomic E-state index is 0.0792. The van der Waals surface area contributed by atoms with Crippen LogP contribution in [0.25, 0.3) is 0 Å². The lowest BCUT2D eigenvalue weighted by molar-refractivity contribution is 0.101. The SMILES string of the molecule is Cc1ccc(C(=O)Nc2ccc(NC(=O)c3cccc(S(C)(=O)=O)c3)c(C)c2)cn1. The van der Waals surface area contributed by atoms with E-state index in [0.717, 1.165) is 17.5 Å². The van der Waals surface area contributed by atoms with Crippen molar-refractivity contribution in [1.29, 1.82) is 0 Å². The molecule has 154 valence electrons. The highest BCUT2D eigenvalue weighted by atomic mass is 32.2. The number of sulfone groups is 1. The first-order valence-corrected chi connectivity index (χ1v) is 11.0. The number of carbonyl (C=O) groups excluding carboxylic acids is 2. The molecule has 0 saturated carbocycles. The summed E-state index contributed by atoms with van der Waals surface area (Å²) in [7, 11) is -3.41. The van der Waals surface area contributed by atoms with Gasteiger partial charge >= 0.3 is 0 Å². The maximum atomic E-state index is 12.5. The van der Waals surface area contributed by atoms with Gasteiger partial charge in [-0.3, -0.25) is 14.6 Å². The van der Waals surface area contributed by atoms with Crippen molar-refractivity contribution in [3.05, 3.63) is 83.2 Å². The zero-order valence-electron chi connectivity index (χ0n) is 16.8. The van der Waals surface area contributed by atoms with Gasteiger partial charge in [-0.15, -0.1) is 0 Å². The van der Waals surface area contributed by atoms with Crippen LogP contribution in [-0.4, -0.2) is 31.5 Å². The highest BCUT2D eigenvalue weighted by Gasteiger charge is 2.13. The van der Waals surface area contributed by atoms with Crippen LogP contribution in [0, 0.1) is 13.8 Å². The van der Waals surface area contributed by atoms with E-state index < -0.39 is 15.7 Å². The zero-order valence-corrected chi connectivity index (χ0v) is 17.6. The van der Waals surface area contributed by atoms with Crippen LogP contribution in [0.5, 0.6) is 0 Å². The van der Waals surface area contributed by atoms with E-state index in [9.17, 15) is 18.0 Å². The standard InChI is InChI=1S/C22H21N3O4S/c1-14-11-18(24-22(27)17-8-7-15(2)23-13-17)9-10-20(14)25-21(26)16-5-4-6-19(12-16)30(3,28)29/h4-13H,1-3H3,(H,24,27)(H,25,26). The molecule has 2 amide bonds. The van der Waals surface area contributed by atoms with E-state index in [1.165, 1.54) is 24.4 Å². The number of hydrogen-bond acceptors (Lipinski definition) is 5. The average Bonchev–Trinajstić information content (AvgIpc) is 2.70. The second-order valence-corrected chi connectivity index (χ2v) is 8.94. The first-order valence-electron chi connectivity index (χ1n) is 9.09. The number of benzene rings is 2. The minimum atomic E-state index is -3.41. The van der Waals surface area contributed by atoms with E-state index in [0.29, 0.717) is 16.9 Å². The molecule has 0 unspecified atom stereocenters. The Balaban J connectivity index is 1.73. The summed E-state index contributed by atoms with van der Waals surface area (Å²) in [4.78, 5) is 29.1. The van der Waals surface area contributed by atoms with Gasteiger partial charge in [0.2, 0.25) is 0 Å². The lowest BCUT2D eigenvalue weighted by Gasteiger charge is -2.12. The third-order valence-electron chi connectivity index (χ3n) is 4.43. The largest absolute Gasteiger partial charge is 0.322 e. The van der Waals surface area contributed by atoms with Crippen molar-refractivity contribution in [3.63, 3.8) is 0 Å². The molecule has 0 spiro atoms. The van der Waals surface area contributed by atoms with E-state index >= 15 is 0 Å². The van der Waals surface area contributed by atoms with Gasteiger partial charge < -0.3 is 10.6 Å². The third kappa shape index (κ3) is 5.09. The van der Waals surface area contributed by atoms with Crippen molar-refractivity contribution in [2.24, 2.45) is 0 Å². The number of anilines is 2. The lowest BCUT2D eigenvalue weighted by Crippen LogP contribution is -2.15. The highest BCUT2D eigenvalue weighted by Crippen LogP contribution is 2.21. The topological polar surface area (TPSA) is 105 Å². The smallest absolute Gasteiger partial charge is 0.257 e. The molecule has 1 heterocycles. The van der Waals surface area contributed by atoms with Gasteiger partial charge in [-0.05, 0) is 67.9 Å². The van der Waals surface area contributed by atoms with Crippen LogP contribution in [0.3, 0.4) is 0 Å². The van der Waals surface area contributed by atoms with E-state index in [2.05, 4.69) is 15.6 Å². The number of aromatic nitrogens is 1. The molecule has 1 aromatic heterocycles. The molecule has 0 aliphatic rings. The minimum Gasteiger partial charge on any atom is -0.322 e. The van der Waals surface area contributed by atoms with Crippen LogP contribution in [-0.2, 0) is 9.84 Å². The number of nitrogens with zero attached hydrogens (tertiary/aromatic N) is 1. The van der Waals surface area contributed by atoms with Crippen molar-refractivity contribution in [3.8, 4) is 0 Å². The number of pyridine rings is 1. The maximum Gasteiger partial charge on any atom is 0.257 e. The van der Waals surface area contributed by atoms with Gasteiger partial charge in [0.05, 0.1) is 10.5 Å². The molecule has 2 aromatic carbocycles. The molecule has 0 atom stereocenters. The quantitative estimate of drug-likeness (QED) is 0.652. The van der Waals surface area contributed by atoms with Crippen molar-refractivity contribution < 1.29 is 18.0 Å². The summed E-state index contributed by atoms with van der Waals surface area (Å²) in [6.45, 7) is 3.64. The van der Waals surface area contributed by atoms with Crippen molar-refractivity contribution in [1.82, 2.24) is 4.98 Å². The Labute approximate surface area is 175 Å². The maximum absolute atomic E-state index is 12.5. The van der Waals surface area contributed by atoms with Gasteiger partial charge in [-0.25, -0.2) is 8.42 Å². The summed E-state index contributed by atoms with van der Waals surface area (Å²) in [5.41, 5.74) is 3.38. The first-order chi connectivity index (χ1) is 14.1. The normalized spacial score (nSPS) is 11.0. The summed E-state index contributed by atoms with van der Waals surface area (Å²) in [6.07, 6.45) is 2.60. The molecular weight excluding hydrogens is 402 g/mol. The van der Waals surface area contributed by atoms with Crippen LogP contribution < -0.4 is 10.6 Å². The van der Waals surface area contributed by atoms with Gasteiger partial charge in [0.1, 0.15) is 0 Å². The molecule has 0 bridgehead atoms. The summed E-state index contributed by atoms with van der Waals surface area (Å²) < 4.78 is 23.4. The summed E-state index contributed by atoms with van der Waals surface area (Å²) >= 11 is 0. The highest BCUT2D eigenvalue weighted by molar-refractivity contribution is 7.90. The fraction of sp³-hybridized carbons (Fsp3) is 0.136. The Bertz CT molecular complexity index is 1220. The fourth-order valence-corrected chi connectivity index (χ4v) is 3.42. The van der Waals surface area contributed by atoms with E-state index in [-0.39, 0.29) is 16.4 Å². The Kier molecular flexibility index (Phi) is 5.98. The van der Waals surface area contributed by atoms with Gasteiger partial charge in [-0.1, -0.05) is 6.07 Å². The molecule has 0 saturated heterocycles. The molecule has 7 nitrogen and oxygen atoms in total. The molecule has 2 N–H and O–H groups in total. The zero-order chi connectivity index (χ0) is 21.9. The van der Waals surface area contributed by atoms with Crippen molar-refractivity contribution >= 4 is 33.0 Å². The average molecular weight is 423 g/mol. The van der Waals surface area contributed by atoms with Crippen molar-refractivity contribution in [2.75, 3.05) is 16.9 Å². The molecule has 3 rings (SSSR count). The van der Waals surface area contributed by atoms with Crippen LogP contribution in [0.2, 0.25) is 0 Å². The number of aryl methyl sites for hydroxylation is 2. The lowest BCUT2D eigenvalue weighted by atomic mass is 10.1. The van der Waals surface area contributed by atoms with Gasteiger partial charge in [0, 0.05) is 35.1 Å². The predicted molar refractivity (Wildman–Crippen MR) is 116 cm³/mol. The molecule has 0 aliphatic heterocycles. The van der Waals surface area contributed by atoms with Crippen LogP contribution in [0.15, 0.2) is 65.7 Å². The van der Waals surface area contributed by atoms with Crippen LogP contribution in [0.1, 0.15) is 32.0 Å². The summed E-state index contributed by atoms with van der Waals surface area (Å²) in [5, 5.41) is 5.56. The number of carbonyl (C=O) groups is 2. The number of rotatable bonds is 5. The number of nitrogens with one attached hydrogen (secondary N) is 2. The van der Waals surface area contributed by atoms with Gasteiger partial charge in [-0.2, -0.15) is 0 Å². The Morgan fingerprint density at radius 1 is 0.867 bits per heavy atom. The Morgan fingerprint density at radius 2 is 1.60 bits per heavy atom. The number of amides is 2. The molecule has 0 radical (unpaired) electrons. The fourth-order valence-electron chi connectivity index (χ4n) is 2.75. The third-order valence-corrected chi connectivity index (χ3v) is 5.54. The van der Waals surface area contributed by atoms with E-state index in [4.69, 9.17) is 0 Å². The number of hydrogen-bond donors (Lipinski definition) is 2. The Hall–Kier alpha value is -3.52. The second kappa shape index (κ2) is 8.46. The van der Waals surface area contributed by atoms with E-state index in [1.54, 1.807) is 43.3 Å². The molecular formula is C22H21N3O4S. The predicted octanol–water partition coefficient (Wildman–Crippen LogP) is 3.61. The Morgan fingerprint density at radius 3 is 2.23 bits per heavy atom. The monoisotopic (exact) mass is 423 g/mol. The van der Waals surface area contributed by atoms with Gasteiger partial charge in [0.15, 0.2) is 9.84 Å². The second-order valence-electron chi connectivity index (χ2n) is 6.93. The van der Waals surface area contributed by atoms with Crippen LogP contribution in [0.4, 0.5) is 11.4 Å². The molecule has 0 fully saturated rings. The molecule has 0 aliphatic carbocycles. The van der Waals surface area contributed by atoms with Crippen LogP contribution >= 0.6 is 0 Å². The van der Waals surface area contributed by atoms with E-state index in [1.807, 2.05) is 6.92 Å². The molecule has 30 heavy (non-hydrogen) atoms. The summed E-state index contributed by atoms with van der Waals surface area (Å²) in [5.74, 6) is -0.706. The molecule has 3 aromatic rings. The van der Waals surface area contributed by atoms with Gasteiger partial charge in [0.25, 0.3) is 11.8 Å².